The summed E-state index contributed by atoms with van der Waals surface area (Å²) in [5, 5.41) is 11.2. The minimum atomic E-state index is -1.16. The van der Waals surface area contributed by atoms with Crippen molar-refractivity contribution in [1.82, 2.24) is 0 Å². The molecule has 0 heterocycles. The molecule has 0 amide bonds. The van der Waals surface area contributed by atoms with Gasteiger partial charge in [-0.3, -0.25) is 9.59 Å². The van der Waals surface area contributed by atoms with Crippen LogP contribution in [0, 0.1) is 72.6 Å². The first-order chi connectivity index (χ1) is 11.6. The summed E-state index contributed by atoms with van der Waals surface area (Å²) in [6.07, 6.45) is 9.28. The molecular formula is C22H30AcO3. The van der Waals surface area contributed by atoms with Gasteiger partial charge in [0.25, 0.3) is 0 Å². The van der Waals surface area contributed by atoms with E-state index in [1.165, 1.54) is 11.1 Å². The van der Waals surface area contributed by atoms with Crippen molar-refractivity contribution in [3.05, 3.63) is 23.3 Å². The summed E-state index contributed by atoms with van der Waals surface area (Å²) in [5.41, 5.74) is 1.06. The number of hydrogen-bond donors (Lipinski definition) is 1. The van der Waals surface area contributed by atoms with E-state index >= 15 is 0 Å². The SMILES string of the molecule is CC(=O)[C@@]1(O)CCC2C3C=C(C)C4=CC(=O)CC[C@]4(C)C3CC[C@@]21C.[Ac]. The molecule has 3 unspecified atom stereocenters. The van der Waals surface area contributed by atoms with E-state index in [1.807, 2.05) is 6.08 Å². The van der Waals surface area contributed by atoms with Gasteiger partial charge < -0.3 is 5.11 Å². The largest absolute Gasteiger partial charge is 0.382 e. The third-order valence-electron chi connectivity index (χ3n) is 8.56. The van der Waals surface area contributed by atoms with Crippen LogP contribution in [-0.4, -0.2) is 22.3 Å². The second kappa shape index (κ2) is 6.64. The van der Waals surface area contributed by atoms with Crippen LogP contribution in [0.4, 0.5) is 0 Å². The molecule has 1 N–H and O–H groups in total. The molecule has 0 aromatic rings. The Bertz CT molecular complexity index is 723. The summed E-state index contributed by atoms with van der Waals surface area (Å²) in [5.74, 6) is 1.46. The Labute approximate surface area is 192 Å². The standard InChI is InChI=1S/C22H30O3.Ac/c1-13-11-16-17(20(3)8-5-15(24)12-19(13)20)6-9-21(4)18(16)7-10-22(21,25)14(2)23;/h11-12,16-18,25H,5-10H2,1-4H3;/t16?,17?,18?,20-,21+,22+;/m1./s1. The van der Waals surface area contributed by atoms with Crippen molar-refractivity contribution in [3.8, 4) is 0 Å². The molecule has 4 rings (SSSR count). The van der Waals surface area contributed by atoms with E-state index in [-0.39, 0.29) is 66.5 Å². The van der Waals surface area contributed by atoms with Crippen molar-refractivity contribution in [1.29, 1.82) is 0 Å². The molecule has 139 valence electrons. The van der Waals surface area contributed by atoms with E-state index in [1.54, 1.807) is 6.92 Å². The number of fused-ring (bicyclic) bond motifs is 5. The number of carbonyl (C=O) groups excluding carboxylic acids is 2. The summed E-state index contributed by atoms with van der Waals surface area (Å²) in [7, 11) is 0. The predicted molar refractivity (Wildman–Crippen MR) is 96.9 cm³/mol. The molecular weight excluding hydrogens is 539 g/mol. The molecule has 0 aliphatic heterocycles. The Kier molecular flexibility index (Phi) is 5.35. The van der Waals surface area contributed by atoms with Crippen LogP contribution in [0.15, 0.2) is 23.3 Å². The van der Waals surface area contributed by atoms with Gasteiger partial charge in [-0.1, -0.05) is 25.5 Å². The topological polar surface area (TPSA) is 54.4 Å². The quantitative estimate of drug-likeness (QED) is 0.520. The average Bonchev–Trinajstić information content (AvgIpc) is 2.83. The van der Waals surface area contributed by atoms with E-state index in [0.717, 1.165) is 25.7 Å². The molecule has 0 spiro atoms. The van der Waals surface area contributed by atoms with E-state index in [0.29, 0.717) is 30.6 Å². The fraction of sp³-hybridized carbons (Fsp3) is 0.727. The van der Waals surface area contributed by atoms with Crippen molar-refractivity contribution in [2.75, 3.05) is 0 Å². The van der Waals surface area contributed by atoms with Gasteiger partial charge in [0.15, 0.2) is 11.6 Å². The Morgan fingerprint density at radius 3 is 2.46 bits per heavy atom. The molecule has 4 heteroatoms. The molecule has 0 saturated heterocycles. The zero-order valence-electron chi connectivity index (χ0n) is 16.5. The number of carbonyl (C=O) groups is 2. The van der Waals surface area contributed by atoms with Gasteiger partial charge in [0, 0.05) is 55.9 Å². The van der Waals surface area contributed by atoms with Gasteiger partial charge in [0.05, 0.1) is 0 Å². The van der Waals surface area contributed by atoms with Crippen LogP contribution in [0.2, 0.25) is 0 Å². The molecule has 1 radical (unpaired) electrons. The van der Waals surface area contributed by atoms with Gasteiger partial charge in [0.2, 0.25) is 0 Å². The summed E-state index contributed by atoms with van der Waals surface area (Å²) in [6.45, 7) is 8.17. The first-order valence-electron chi connectivity index (χ1n) is 9.81. The third-order valence-corrected chi connectivity index (χ3v) is 8.56. The second-order valence-corrected chi connectivity index (χ2v) is 9.49. The third kappa shape index (κ3) is 2.57. The molecule has 2 saturated carbocycles. The van der Waals surface area contributed by atoms with Gasteiger partial charge in [-0.25, -0.2) is 0 Å². The molecule has 6 atom stereocenters. The summed E-state index contributed by atoms with van der Waals surface area (Å²) in [6, 6.07) is 0. The van der Waals surface area contributed by atoms with Crippen molar-refractivity contribution in [2.45, 2.75) is 71.8 Å². The van der Waals surface area contributed by atoms with E-state index in [2.05, 4.69) is 26.8 Å². The van der Waals surface area contributed by atoms with E-state index < -0.39 is 5.60 Å². The van der Waals surface area contributed by atoms with Crippen LogP contribution in [0.5, 0.6) is 0 Å². The molecule has 2 fully saturated rings. The van der Waals surface area contributed by atoms with Gasteiger partial charge in [-0.15, -0.1) is 0 Å². The number of Topliss-reactive ketones (excluding diaryl/α,β-unsaturated/α-hetero) is 1. The summed E-state index contributed by atoms with van der Waals surface area (Å²) >= 11 is 0. The first kappa shape index (κ1) is 20.9. The summed E-state index contributed by atoms with van der Waals surface area (Å²) < 4.78 is 0. The molecule has 0 aromatic carbocycles. The normalized spacial score (nSPS) is 47.0. The van der Waals surface area contributed by atoms with Gasteiger partial charge in [-0.2, -0.15) is 0 Å². The molecule has 0 bridgehead atoms. The van der Waals surface area contributed by atoms with E-state index in [9.17, 15) is 14.7 Å². The van der Waals surface area contributed by atoms with Crippen molar-refractivity contribution < 1.29 is 58.8 Å². The van der Waals surface area contributed by atoms with Gasteiger partial charge in [0.1, 0.15) is 5.60 Å². The van der Waals surface area contributed by atoms with Crippen LogP contribution in [0.1, 0.15) is 66.2 Å². The first-order valence-corrected chi connectivity index (χ1v) is 9.81. The molecule has 3 nitrogen and oxygen atoms in total. The molecule has 4 aliphatic carbocycles. The second-order valence-electron chi connectivity index (χ2n) is 9.49. The summed E-state index contributed by atoms with van der Waals surface area (Å²) in [4.78, 5) is 24.3. The maximum atomic E-state index is 12.3. The minimum absolute atomic E-state index is 0. The Hall–Kier alpha value is 0.222. The van der Waals surface area contributed by atoms with Crippen LogP contribution < -0.4 is 0 Å². The fourth-order valence-electron chi connectivity index (χ4n) is 7.01. The maximum absolute atomic E-state index is 12.3. The smallest absolute Gasteiger partial charge is 0.161 e. The Morgan fingerprint density at radius 2 is 1.81 bits per heavy atom. The number of hydrogen-bond acceptors (Lipinski definition) is 3. The average molecular weight is 569 g/mol. The zero-order chi connectivity index (χ0) is 18.2. The fourth-order valence-corrected chi connectivity index (χ4v) is 7.01. The Balaban J connectivity index is 0.00000196. The molecule has 26 heavy (non-hydrogen) atoms. The molecule has 4 aliphatic rings. The molecule has 0 aromatic heterocycles. The van der Waals surface area contributed by atoms with Crippen LogP contribution in [-0.2, 0) is 9.59 Å². The van der Waals surface area contributed by atoms with Crippen molar-refractivity contribution in [2.24, 2.45) is 28.6 Å². The minimum Gasteiger partial charge on any atom is -0.382 e. The zero-order valence-corrected chi connectivity index (χ0v) is 21.2. The van der Waals surface area contributed by atoms with Gasteiger partial charge in [-0.05, 0) is 80.8 Å². The van der Waals surface area contributed by atoms with E-state index in [4.69, 9.17) is 0 Å². The number of ketones is 2. The van der Waals surface area contributed by atoms with Crippen LogP contribution in [0.25, 0.3) is 0 Å². The number of aliphatic hydroxyl groups is 1. The van der Waals surface area contributed by atoms with Crippen molar-refractivity contribution >= 4 is 11.6 Å². The van der Waals surface area contributed by atoms with Gasteiger partial charge >= 0.3 is 0 Å². The van der Waals surface area contributed by atoms with Crippen LogP contribution >= 0.6 is 0 Å². The van der Waals surface area contributed by atoms with Crippen LogP contribution in [0.3, 0.4) is 0 Å². The number of allylic oxidation sites excluding steroid dienone is 4. The predicted octanol–water partition coefficient (Wildman–Crippen LogP) is 4.00. The maximum Gasteiger partial charge on any atom is 0.161 e. The number of rotatable bonds is 1. The Morgan fingerprint density at radius 1 is 1.15 bits per heavy atom. The van der Waals surface area contributed by atoms with Crippen molar-refractivity contribution in [3.63, 3.8) is 0 Å². The monoisotopic (exact) mass is 569 g/mol.